The number of carbonyl (C=O) groups is 2. The summed E-state index contributed by atoms with van der Waals surface area (Å²) in [6.45, 7) is 2.07. The van der Waals surface area contributed by atoms with Gasteiger partial charge >= 0.3 is 5.97 Å². The van der Waals surface area contributed by atoms with Crippen molar-refractivity contribution in [3.8, 4) is 11.5 Å². The van der Waals surface area contributed by atoms with Gasteiger partial charge in [0.05, 0.1) is 17.9 Å². The van der Waals surface area contributed by atoms with Gasteiger partial charge in [0.25, 0.3) is 5.89 Å². The summed E-state index contributed by atoms with van der Waals surface area (Å²) in [5.41, 5.74) is 2.35. The molecule has 7 nitrogen and oxygen atoms in total. The zero-order valence-corrected chi connectivity index (χ0v) is 17.4. The molecule has 0 bridgehead atoms. The van der Waals surface area contributed by atoms with Crippen molar-refractivity contribution in [2.24, 2.45) is 0 Å². The van der Waals surface area contributed by atoms with E-state index in [1.807, 2.05) is 30.3 Å². The lowest BCUT2D eigenvalue weighted by molar-refractivity contribution is -0.113. The molecule has 1 aliphatic rings. The molecule has 1 aliphatic carbocycles. The highest BCUT2D eigenvalue weighted by Crippen LogP contribution is 2.39. The molecule has 2 heterocycles. The molecule has 0 radical (unpaired) electrons. The fraction of sp³-hybridized carbons (Fsp3) is 0.300. The van der Waals surface area contributed by atoms with E-state index in [0.717, 1.165) is 35.3 Å². The number of fused-ring (bicyclic) bond motifs is 1. The summed E-state index contributed by atoms with van der Waals surface area (Å²) in [5.74, 6) is -0.0849. The first-order valence-electron chi connectivity index (χ1n) is 9.29. The number of hydrogen-bond donors (Lipinski definition) is 1. The number of thiophene rings is 1. The van der Waals surface area contributed by atoms with E-state index in [-0.39, 0.29) is 17.6 Å². The molecular weight excluding hydrogens is 410 g/mol. The number of carbonyl (C=O) groups excluding carboxylic acids is 2. The van der Waals surface area contributed by atoms with Crippen molar-refractivity contribution in [3.63, 3.8) is 0 Å². The minimum absolute atomic E-state index is 0.110. The molecule has 1 amide bonds. The Hall–Kier alpha value is -2.65. The molecule has 0 aliphatic heterocycles. The van der Waals surface area contributed by atoms with Crippen LogP contribution in [0.25, 0.3) is 11.5 Å². The molecule has 29 heavy (non-hydrogen) atoms. The van der Waals surface area contributed by atoms with Crippen molar-refractivity contribution in [2.75, 3.05) is 17.7 Å². The molecule has 0 spiro atoms. The molecule has 9 heteroatoms. The Labute approximate surface area is 175 Å². The number of rotatable bonds is 7. The number of nitrogens with one attached hydrogen (secondary N) is 1. The summed E-state index contributed by atoms with van der Waals surface area (Å²) in [4.78, 5) is 30.3. The number of esters is 1. The highest BCUT2D eigenvalue weighted by Gasteiger charge is 2.28. The van der Waals surface area contributed by atoms with Crippen LogP contribution in [-0.2, 0) is 22.4 Å². The maximum atomic E-state index is 12.5. The number of nitrogens with zero attached hydrogens (tertiary/aromatic N) is 2. The van der Waals surface area contributed by atoms with Crippen molar-refractivity contribution in [1.29, 1.82) is 0 Å². The van der Waals surface area contributed by atoms with Gasteiger partial charge in [-0.2, -0.15) is 4.98 Å². The fourth-order valence-corrected chi connectivity index (χ4v) is 5.03. The SMILES string of the molecule is CCOC(=O)c1c(NC(=O)CSc2noc(-c3ccccc3)n2)sc2c1CCC2. The van der Waals surface area contributed by atoms with Gasteiger partial charge in [-0.3, -0.25) is 4.79 Å². The smallest absolute Gasteiger partial charge is 0.341 e. The third kappa shape index (κ3) is 4.35. The van der Waals surface area contributed by atoms with Crippen LogP contribution in [0.1, 0.15) is 34.1 Å². The Kier molecular flexibility index (Phi) is 5.96. The van der Waals surface area contributed by atoms with Crippen molar-refractivity contribution in [1.82, 2.24) is 10.1 Å². The van der Waals surface area contributed by atoms with Gasteiger partial charge in [-0.25, -0.2) is 4.79 Å². The summed E-state index contributed by atoms with van der Waals surface area (Å²) < 4.78 is 10.4. The number of thioether (sulfide) groups is 1. The minimum Gasteiger partial charge on any atom is -0.462 e. The summed E-state index contributed by atoms with van der Waals surface area (Å²) >= 11 is 2.64. The number of anilines is 1. The molecule has 4 rings (SSSR count). The van der Waals surface area contributed by atoms with Crippen LogP contribution in [-0.4, -0.2) is 34.4 Å². The van der Waals surface area contributed by atoms with Gasteiger partial charge in [-0.1, -0.05) is 30.0 Å². The summed E-state index contributed by atoms with van der Waals surface area (Å²) in [6.07, 6.45) is 2.80. The van der Waals surface area contributed by atoms with Crippen molar-refractivity contribution < 1.29 is 18.8 Å². The van der Waals surface area contributed by atoms with Gasteiger partial charge in [0.15, 0.2) is 0 Å². The van der Waals surface area contributed by atoms with E-state index in [1.54, 1.807) is 6.92 Å². The van der Waals surface area contributed by atoms with Crippen LogP contribution < -0.4 is 5.32 Å². The lowest BCUT2D eigenvalue weighted by Crippen LogP contribution is -2.16. The number of hydrogen-bond acceptors (Lipinski definition) is 8. The molecular formula is C20H19N3O4S2. The molecule has 1 N–H and O–H groups in total. The number of ether oxygens (including phenoxy) is 1. The van der Waals surface area contributed by atoms with E-state index >= 15 is 0 Å². The zero-order chi connectivity index (χ0) is 20.2. The van der Waals surface area contributed by atoms with Gasteiger partial charge in [-0.15, -0.1) is 11.3 Å². The summed E-state index contributed by atoms with van der Waals surface area (Å²) in [7, 11) is 0. The van der Waals surface area contributed by atoms with Gasteiger partial charge in [-0.05, 0) is 49.0 Å². The van der Waals surface area contributed by atoms with Gasteiger partial charge < -0.3 is 14.6 Å². The summed E-state index contributed by atoms with van der Waals surface area (Å²) in [5, 5.41) is 7.72. The second-order valence-corrected chi connectivity index (χ2v) is 8.41. The number of amides is 1. The van der Waals surface area contributed by atoms with Crippen molar-refractivity contribution >= 4 is 40.0 Å². The van der Waals surface area contributed by atoms with E-state index < -0.39 is 0 Å². The second kappa shape index (κ2) is 8.79. The van der Waals surface area contributed by atoms with Crippen LogP contribution in [0.5, 0.6) is 0 Å². The zero-order valence-electron chi connectivity index (χ0n) is 15.8. The predicted molar refractivity (Wildman–Crippen MR) is 111 cm³/mol. The second-order valence-electron chi connectivity index (χ2n) is 6.37. The van der Waals surface area contributed by atoms with Crippen LogP contribution in [0, 0.1) is 0 Å². The normalized spacial score (nSPS) is 12.6. The van der Waals surface area contributed by atoms with Gasteiger partial charge in [0, 0.05) is 10.4 Å². The standard InChI is InChI=1S/C20H19N3O4S2/c1-2-26-19(25)16-13-9-6-10-14(13)29-18(16)21-15(24)11-28-20-22-17(27-23-20)12-7-4-3-5-8-12/h3-5,7-8H,2,6,9-11H2,1H3,(H,21,24). The third-order valence-corrected chi connectivity index (χ3v) is 6.45. The molecule has 1 aromatic carbocycles. The van der Waals surface area contributed by atoms with Gasteiger partial charge in [0.1, 0.15) is 5.00 Å². The Morgan fingerprint density at radius 3 is 2.90 bits per heavy atom. The highest BCUT2D eigenvalue weighted by atomic mass is 32.2. The molecule has 0 atom stereocenters. The molecule has 0 unspecified atom stereocenters. The van der Waals surface area contributed by atoms with Crippen LogP contribution in [0.2, 0.25) is 0 Å². The maximum absolute atomic E-state index is 12.5. The first-order valence-corrected chi connectivity index (χ1v) is 11.1. The first kappa shape index (κ1) is 19.7. The minimum atomic E-state index is -0.375. The summed E-state index contributed by atoms with van der Waals surface area (Å²) in [6, 6.07) is 9.44. The van der Waals surface area contributed by atoms with Crippen molar-refractivity contribution in [2.45, 2.75) is 31.3 Å². The lowest BCUT2D eigenvalue weighted by Gasteiger charge is -2.07. The van der Waals surface area contributed by atoms with E-state index in [0.29, 0.717) is 28.2 Å². The Morgan fingerprint density at radius 1 is 1.28 bits per heavy atom. The number of benzene rings is 1. The molecule has 0 saturated heterocycles. The molecule has 2 aromatic heterocycles. The van der Waals surface area contributed by atoms with Crippen LogP contribution in [0.4, 0.5) is 5.00 Å². The lowest BCUT2D eigenvalue weighted by atomic mass is 10.1. The topological polar surface area (TPSA) is 94.3 Å². The predicted octanol–water partition coefficient (Wildman–Crippen LogP) is 4.19. The molecule has 0 saturated carbocycles. The molecule has 150 valence electrons. The van der Waals surface area contributed by atoms with Crippen molar-refractivity contribution in [3.05, 3.63) is 46.3 Å². The average Bonchev–Trinajstić information content (AvgIpc) is 3.43. The average molecular weight is 430 g/mol. The molecule has 0 fully saturated rings. The fourth-order valence-electron chi connectivity index (χ4n) is 3.17. The number of aromatic nitrogens is 2. The van der Waals surface area contributed by atoms with Crippen LogP contribution in [0.15, 0.2) is 40.0 Å². The first-order chi connectivity index (χ1) is 14.2. The Bertz CT molecular complexity index is 1030. The van der Waals surface area contributed by atoms with E-state index in [4.69, 9.17) is 9.26 Å². The number of aryl methyl sites for hydroxylation is 1. The molecule has 3 aromatic rings. The van der Waals surface area contributed by atoms with Crippen LogP contribution in [0.3, 0.4) is 0 Å². The van der Waals surface area contributed by atoms with E-state index in [9.17, 15) is 9.59 Å². The van der Waals surface area contributed by atoms with E-state index in [2.05, 4.69) is 15.5 Å². The Balaban J connectivity index is 1.41. The largest absolute Gasteiger partial charge is 0.462 e. The Morgan fingerprint density at radius 2 is 2.10 bits per heavy atom. The quantitative estimate of drug-likeness (QED) is 0.444. The third-order valence-electron chi connectivity index (χ3n) is 4.41. The monoisotopic (exact) mass is 429 g/mol. The maximum Gasteiger partial charge on any atom is 0.341 e. The van der Waals surface area contributed by atoms with Crippen LogP contribution >= 0.6 is 23.1 Å². The van der Waals surface area contributed by atoms with E-state index in [1.165, 1.54) is 23.1 Å². The van der Waals surface area contributed by atoms with Gasteiger partial charge in [0.2, 0.25) is 11.1 Å². The highest BCUT2D eigenvalue weighted by molar-refractivity contribution is 7.99.